The number of unbranched alkanes of at least 4 members (excludes halogenated alkanes) is 1. The summed E-state index contributed by atoms with van der Waals surface area (Å²) in [5, 5.41) is 10.3. The van der Waals surface area contributed by atoms with Crippen molar-refractivity contribution < 1.29 is 4.74 Å². The zero-order chi connectivity index (χ0) is 19.4. The summed E-state index contributed by atoms with van der Waals surface area (Å²) in [6.45, 7) is 1.96. The molecule has 0 aliphatic heterocycles. The van der Waals surface area contributed by atoms with Gasteiger partial charge in [0, 0.05) is 17.2 Å². The van der Waals surface area contributed by atoms with E-state index >= 15 is 0 Å². The molecule has 0 aliphatic rings. The van der Waals surface area contributed by atoms with Crippen molar-refractivity contribution in [1.29, 1.82) is 5.26 Å². The van der Waals surface area contributed by atoms with Crippen molar-refractivity contribution in [2.24, 2.45) is 0 Å². The molecule has 0 N–H and O–H groups in total. The van der Waals surface area contributed by atoms with E-state index in [1.54, 1.807) is 29.9 Å². The predicted molar refractivity (Wildman–Crippen MR) is 109 cm³/mol. The standard InChI is InChI=1S/C20H18ClN3O2S/c1-13-5-8-18(26-2)17(11-13)24-19(25)15-7-6-14(21)12-16(15)23-20(24)27-10-4-3-9-22/h5-8,11-12H,3-4,10H2,1-2H3. The Morgan fingerprint density at radius 1 is 1.30 bits per heavy atom. The van der Waals surface area contributed by atoms with Gasteiger partial charge in [-0.2, -0.15) is 5.26 Å². The first kappa shape index (κ1) is 19.3. The SMILES string of the molecule is COc1ccc(C)cc1-n1c(SCCCC#N)nc2cc(Cl)ccc2c1=O. The lowest BCUT2D eigenvalue weighted by molar-refractivity contribution is 0.411. The van der Waals surface area contributed by atoms with Crippen LogP contribution in [0.4, 0.5) is 0 Å². The average molecular weight is 400 g/mol. The first-order valence-corrected chi connectivity index (χ1v) is 9.78. The van der Waals surface area contributed by atoms with Gasteiger partial charge in [0.15, 0.2) is 5.16 Å². The molecule has 0 aliphatic carbocycles. The minimum absolute atomic E-state index is 0.177. The minimum atomic E-state index is -0.177. The lowest BCUT2D eigenvalue weighted by Gasteiger charge is -2.16. The normalized spacial score (nSPS) is 10.7. The van der Waals surface area contributed by atoms with Crippen LogP contribution in [0.2, 0.25) is 5.02 Å². The Kier molecular flexibility index (Phi) is 6.04. The molecule has 3 rings (SSSR count). The fraction of sp³-hybridized carbons (Fsp3) is 0.250. The molecule has 7 heteroatoms. The Morgan fingerprint density at radius 3 is 2.85 bits per heavy atom. The van der Waals surface area contributed by atoms with E-state index in [0.717, 1.165) is 12.0 Å². The maximum absolute atomic E-state index is 13.3. The van der Waals surface area contributed by atoms with Crippen LogP contribution in [0.1, 0.15) is 18.4 Å². The third kappa shape index (κ3) is 4.10. The van der Waals surface area contributed by atoms with Crippen molar-refractivity contribution >= 4 is 34.3 Å². The first-order valence-electron chi connectivity index (χ1n) is 8.42. The second-order valence-electron chi connectivity index (χ2n) is 5.98. The van der Waals surface area contributed by atoms with Gasteiger partial charge >= 0.3 is 0 Å². The largest absolute Gasteiger partial charge is 0.495 e. The van der Waals surface area contributed by atoms with E-state index in [4.69, 9.17) is 21.6 Å². The number of rotatable bonds is 6. The van der Waals surface area contributed by atoms with E-state index in [2.05, 4.69) is 11.1 Å². The van der Waals surface area contributed by atoms with Crippen molar-refractivity contribution in [1.82, 2.24) is 9.55 Å². The number of aryl methyl sites for hydroxylation is 1. The highest BCUT2D eigenvalue weighted by atomic mass is 35.5. The van der Waals surface area contributed by atoms with Crippen LogP contribution in [-0.4, -0.2) is 22.4 Å². The monoisotopic (exact) mass is 399 g/mol. The van der Waals surface area contributed by atoms with Crippen molar-refractivity contribution in [2.75, 3.05) is 12.9 Å². The Hall–Kier alpha value is -2.49. The van der Waals surface area contributed by atoms with E-state index < -0.39 is 0 Å². The number of methoxy groups -OCH3 is 1. The van der Waals surface area contributed by atoms with Crippen molar-refractivity contribution in [3.63, 3.8) is 0 Å². The van der Waals surface area contributed by atoms with E-state index in [1.807, 2.05) is 25.1 Å². The van der Waals surface area contributed by atoms with Crippen molar-refractivity contribution in [3.8, 4) is 17.5 Å². The molecule has 0 fully saturated rings. The summed E-state index contributed by atoms with van der Waals surface area (Å²) >= 11 is 7.53. The molecule has 1 aromatic heterocycles. The van der Waals surface area contributed by atoms with Crippen molar-refractivity contribution in [3.05, 3.63) is 57.3 Å². The van der Waals surface area contributed by atoms with E-state index in [0.29, 0.717) is 44.7 Å². The lowest BCUT2D eigenvalue weighted by atomic mass is 10.2. The average Bonchev–Trinajstić information content (AvgIpc) is 2.65. The minimum Gasteiger partial charge on any atom is -0.495 e. The van der Waals surface area contributed by atoms with Gasteiger partial charge in [-0.1, -0.05) is 29.4 Å². The number of thioether (sulfide) groups is 1. The number of nitrogens with zero attached hydrogens (tertiary/aromatic N) is 3. The van der Waals surface area contributed by atoms with Crippen LogP contribution in [0.5, 0.6) is 5.75 Å². The van der Waals surface area contributed by atoms with Crippen LogP contribution in [0.15, 0.2) is 46.3 Å². The Morgan fingerprint density at radius 2 is 2.11 bits per heavy atom. The number of hydrogen-bond donors (Lipinski definition) is 0. The van der Waals surface area contributed by atoms with Crippen LogP contribution in [0, 0.1) is 18.3 Å². The summed E-state index contributed by atoms with van der Waals surface area (Å²) < 4.78 is 7.06. The molecular weight excluding hydrogens is 382 g/mol. The van der Waals surface area contributed by atoms with Gasteiger partial charge < -0.3 is 4.74 Å². The van der Waals surface area contributed by atoms with Gasteiger partial charge in [0.25, 0.3) is 5.56 Å². The predicted octanol–water partition coefficient (Wildman–Crippen LogP) is 4.75. The Bertz CT molecular complexity index is 1090. The van der Waals surface area contributed by atoms with Gasteiger partial charge in [-0.15, -0.1) is 0 Å². The number of halogens is 1. The number of fused-ring (bicyclic) bond motifs is 1. The third-order valence-electron chi connectivity index (χ3n) is 4.04. The summed E-state index contributed by atoms with van der Waals surface area (Å²) in [5.41, 5.74) is 2.03. The number of nitriles is 1. The fourth-order valence-corrected chi connectivity index (χ4v) is 3.85. The topological polar surface area (TPSA) is 67.9 Å². The molecule has 2 aromatic carbocycles. The summed E-state index contributed by atoms with van der Waals surface area (Å²) in [4.78, 5) is 18.0. The zero-order valence-electron chi connectivity index (χ0n) is 15.0. The number of aromatic nitrogens is 2. The second kappa shape index (κ2) is 8.47. The van der Waals surface area contributed by atoms with E-state index in [-0.39, 0.29) is 5.56 Å². The molecule has 0 radical (unpaired) electrons. The van der Waals surface area contributed by atoms with Gasteiger partial charge in [0.2, 0.25) is 0 Å². The van der Waals surface area contributed by atoms with Gasteiger partial charge in [-0.3, -0.25) is 9.36 Å². The number of ether oxygens (including phenoxy) is 1. The highest BCUT2D eigenvalue weighted by molar-refractivity contribution is 7.99. The van der Waals surface area contributed by atoms with Gasteiger partial charge in [0.1, 0.15) is 5.75 Å². The summed E-state index contributed by atoms with van der Waals surface area (Å²) in [5.74, 6) is 1.27. The summed E-state index contributed by atoms with van der Waals surface area (Å²) in [7, 11) is 1.58. The molecule has 1 heterocycles. The molecule has 0 saturated carbocycles. The van der Waals surface area contributed by atoms with Crippen molar-refractivity contribution in [2.45, 2.75) is 24.9 Å². The number of hydrogen-bond acceptors (Lipinski definition) is 5. The molecule has 0 spiro atoms. The van der Waals surface area contributed by atoms with Crippen LogP contribution in [0.3, 0.4) is 0 Å². The van der Waals surface area contributed by atoms with Gasteiger partial charge in [-0.25, -0.2) is 4.98 Å². The first-order chi connectivity index (χ1) is 13.0. The van der Waals surface area contributed by atoms with Crippen LogP contribution >= 0.6 is 23.4 Å². The molecular formula is C20H18ClN3O2S. The fourth-order valence-electron chi connectivity index (χ4n) is 2.74. The molecule has 0 bridgehead atoms. The molecule has 0 amide bonds. The van der Waals surface area contributed by atoms with Gasteiger partial charge in [-0.05, 0) is 49.2 Å². The molecule has 3 aromatic rings. The summed E-state index contributed by atoms with van der Waals surface area (Å²) in [6, 6.07) is 12.9. The maximum atomic E-state index is 13.3. The van der Waals surface area contributed by atoms with Gasteiger partial charge in [0.05, 0.1) is 29.8 Å². The molecule has 138 valence electrons. The molecule has 0 atom stereocenters. The maximum Gasteiger partial charge on any atom is 0.266 e. The highest BCUT2D eigenvalue weighted by Gasteiger charge is 2.17. The summed E-state index contributed by atoms with van der Waals surface area (Å²) in [6.07, 6.45) is 1.18. The van der Waals surface area contributed by atoms with Crippen LogP contribution < -0.4 is 10.3 Å². The molecule has 27 heavy (non-hydrogen) atoms. The lowest BCUT2D eigenvalue weighted by Crippen LogP contribution is -2.22. The number of benzene rings is 2. The Balaban J connectivity index is 2.24. The third-order valence-corrected chi connectivity index (χ3v) is 5.30. The highest BCUT2D eigenvalue weighted by Crippen LogP contribution is 2.29. The smallest absolute Gasteiger partial charge is 0.266 e. The van der Waals surface area contributed by atoms with Crippen LogP contribution in [-0.2, 0) is 0 Å². The van der Waals surface area contributed by atoms with E-state index in [1.165, 1.54) is 11.8 Å². The second-order valence-corrected chi connectivity index (χ2v) is 7.48. The Labute approximate surface area is 166 Å². The molecule has 0 saturated heterocycles. The zero-order valence-corrected chi connectivity index (χ0v) is 16.6. The quantitative estimate of drug-likeness (QED) is 0.340. The molecule has 5 nitrogen and oxygen atoms in total. The van der Waals surface area contributed by atoms with E-state index in [9.17, 15) is 4.79 Å². The molecule has 0 unspecified atom stereocenters. The van der Waals surface area contributed by atoms with Crippen LogP contribution in [0.25, 0.3) is 16.6 Å².